The molecule has 0 saturated heterocycles. The number of aromatic nitrogens is 2. The monoisotopic (exact) mass is 442 g/mol. The Bertz CT molecular complexity index is 1200. The van der Waals surface area contributed by atoms with Gasteiger partial charge in [-0.3, -0.25) is 4.79 Å². The second-order valence-electron chi connectivity index (χ2n) is 8.17. The molecule has 170 valence electrons. The maximum Gasteiger partial charge on any atom is 0.220 e. The number of nitrogens with zero attached hydrogens (tertiary/aromatic N) is 2. The minimum atomic E-state index is 0.0391. The minimum absolute atomic E-state index is 0.0391. The zero-order chi connectivity index (χ0) is 23.0. The Kier molecular flexibility index (Phi) is 7.25. The summed E-state index contributed by atoms with van der Waals surface area (Å²) in [5.41, 5.74) is 10.8. The van der Waals surface area contributed by atoms with Crippen molar-refractivity contribution in [1.82, 2.24) is 14.9 Å². The van der Waals surface area contributed by atoms with Crippen LogP contribution in [0, 0.1) is 6.92 Å². The van der Waals surface area contributed by atoms with Crippen molar-refractivity contribution in [3.63, 3.8) is 0 Å². The molecule has 6 nitrogen and oxygen atoms in total. The van der Waals surface area contributed by atoms with Crippen LogP contribution in [0.3, 0.4) is 0 Å². The van der Waals surface area contributed by atoms with Crippen LogP contribution >= 0.6 is 0 Å². The van der Waals surface area contributed by atoms with Crippen molar-refractivity contribution >= 4 is 22.6 Å². The molecule has 0 aliphatic heterocycles. The van der Waals surface area contributed by atoms with Crippen molar-refractivity contribution in [2.75, 3.05) is 18.9 Å². The van der Waals surface area contributed by atoms with Crippen molar-refractivity contribution in [2.24, 2.45) is 0 Å². The molecule has 0 spiro atoms. The molecule has 1 heterocycles. The first-order chi connectivity index (χ1) is 16.1. The number of rotatable bonds is 10. The number of nitrogens with two attached hydrogens (primary N) is 1. The molecule has 4 aromatic rings. The fourth-order valence-electron chi connectivity index (χ4n) is 3.80. The number of carbonyl (C=O) groups excluding carboxylic acids is 1. The van der Waals surface area contributed by atoms with Crippen molar-refractivity contribution < 1.29 is 9.53 Å². The first-order valence-electron chi connectivity index (χ1n) is 11.3. The van der Waals surface area contributed by atoms with E-state index in [0.717, 1.165) is 33.9 Å². The van der Waals surface area contributed by atoms with Crippen molar-refractivity contribution in [3.8, 4) is 5.75 Å². The van der Waals surface area contributed by atoms with Gasteiger partial charge in [-0.05, 0) is 55.3 Å². The van der Waals surface area contributed by atoms with E-state index < -0.39 is 0 Å². The summed E-state index contributed by atoms with van der Waals surface area (Å²) in [5, 5.41) is 3.02. The van der Waals surface area contributed by atoms with Gasteiger partial charge in [0.2, 0.25) is 5.91 Å². The lowest BCUT2D eigenvalue weighted by atomic mass is 10.1. The third-order valence-corrected chi connectivity index (χ3v) is 5.63. The maximum atomic E-state index is 12.3. The first-order valence-corrected chi connectivity index (χ1v) is 11.3. The number of amides is 1. The molecule has 0 radical (unpaired) electrons. The van der Waals surface area contributed by atoms with Crippen LogP contribution in [-0.4, -0.2) is 28.6 Å². The molecule has 0 fully saturated rings. The number of carbonyl (C=O) groups is 1. The number of aryl methyl sites for hydroxylation is 2. The lowest BCUT2D eigenvalue weighted by Crippen LogP contribution is -2.27. The molecule has 4 rings (SSSR count). The number of ether oxygens (including phenoxy) is 1. The van der Waals surface area contributed by atoms with Gasteiger partial charge in [0, 0.05) is 25.1 Å². The Morgan fingerprint density at radius 3 is 2.55 bits per heavy atom. The Morgan fingerprint density at radius 2 is 1.76 bits per heavy atom. The molecule has 1 aromatic heterocycles. The fourth-order valence-corrected chi connectivity index (χ4v) is 3.80. The highest BCUT2D eigenvalue weighted by atomic mass is 16.5. The van der Waals surface area contributed by atoms with E-state index in [-0.39, 0.29) is 5.91 Å². The van der Waals surface area contributed by atoms with Gasteiger partial charge >= 0.3 is 0 Å². The van der Waals surface area contributed by atoms with E-state index in [9.17, 15) is 4.79 Å². The van der Waals surface area contributed by atoms with Gasteiger partial charge in [-0.1, -0.05) is 42.0 Å². The van der Waals surface area contributed by atoms with Gasteiger partial charge in [-0.15, -0.1) is 0 Å². The normalized spacial score (nSPS) is 10.9. The Labute approximate surface area is 194 Å². The molecule has 6 heteroatoms. The highest BCUT2D eigenvalue weighted by Crippen LogP contribution is 2.17. The van der Waals surface area contributed by atoms with E-state index in [0.29, 0.717) is 39.0 Å². The van der Waals surface area contributed by atoms with E-state index >= 15 is 0 Å². The zero-order valence-electron chi connectivity index (χ0n) is 19.0. The average molecular weight is 443 g/mol. The SMILES string of the molecule is Cc1ccc(OCCn2c(CCNC(=O)CCc3ccc(N)cc3)nc3ccccc32)cc1. The molecular weight excluding hydrogens is 412 g/mol. The van der Waals surface area contributed by atoms with E-state index in [1.807, 2.05) is 66.7 Å². The van der Waals surface area contributed by atoms with Crippen LogP contribution in [-0.2, 0) is 24.2 Å². The summed E-state index contributed by atoms with van der Waals surface area (Å²) in [6.07, 6.45) is 1.80. The zero-order valence-corrected chi connectivity index (χ0v) is 19.0. The summed E-state index contributed by atoms with van der Waals surface area (Å²) in [7, 11) is 0. The summed E-state index contributed by atoms with van der Waals surface area (Å²) in [4.78, 5) is 17.1. The quantitative estimate of drug-likeness (QED) is 0.359. The van der Waals surface area contributed by atoms with Crippen molar-refractivity contribution in [3.05, 3.63) is 89.7 Å². The van der Waals surface area contributed by atoms with Crippen LogP contribution in [0.1, 0.15) is 23.4 Å². The summed E-state index contributed by atoms with van der Waals surface area (Å²) in [6.45, 7) is 3.84. The molecule has 0 aliphatic carbocycles. The number of para-hydroxylation sites is 2. The topological polar surface area (TPSA) is 82.2 Å². The van der Waals surface area contributed by atoms with E-state index in [2.05, 4.69) is 22.9 Å². The summed E-state index contributed by atoms with van der Waals surface area (Å²) >= 11 is 0. The van der Waals surface area contributed by atoms with E-state index in [1.54, 1.807) is 0 Å². The van der Waals surface area contributed by atoms with Gasteiger partial charge in [0.15, 0.2) is 0 Å². The number of hydrogen-bond acceptors (Lipinski definition) is 4. The largest absolute Gasteiger partial charge is 0.492 e. The second kappa shape index (κ2) is 10.7. The minimum Gasteiger partial charge on any atom is -0.492 e. The predicted octanol–water partition coefficient (Wildman–Crippen LogP) is 4.30. The summed E-state index contributed by atoms with van der Waals surface area (Å²) < 4.78 is 8.12. The summed E-state index contributed by atoms with van der Waals surface area (Å²) in [5.74, 6) is 1.85. The molecule has 1 amide bonds. The van der Waals surface area contributed by atoms with Gasteiger partial charge in [0.05, 0.1) is 17.6 Å². The molecule has 0 atom stereocenters. The van der Waals surface area contributed by atoms with Gasteiger partial charge in [-0.2, -0.15) is 0 Å². The molecular formula is C27H30N4O2. The number of nitrogen functional groups attached to an aromatic ring is 1. The molecule has 3 aromatic carbocycles. The third kappa shape index (κ3) is 6.13. The first kappa shape index (κ1) is 22.4. The Balaban J connectivity index is 1.32. The van der Waals surface area contributed by atoms with Crippen LogP contribution in [0.5, 0.6) is 5.75 Å². The number of fused-ring (bicyclic) bond motifs is 1. The number of hydrogen-bond donors (Lipinski definition) is 2. The fraction of sp³-hybridized carbons (Fsp3) is 0.259. The molecule has 0 bridgehead atoms. The van der Waals surface area contributed by atoms with Crippen LogP contribution in [0.2, 0.25) is 0 Å². The maximum absolute atomic E-state index is 12.3. The number of nitrogens with one attached hydrogen (secondary N) is 1. The number of anilines is 1. The molecule has 0 saturated carbocycles. The van der Waals surface area contributed by atoms with Crippen molar-refractivity contribution in [2.45, 2.75) is 32.7 Å². The van der Waals surface area contributed by atoms with Crippen LogP contribution in [0.25, 0.3) is 11.0 Å². The molecule has 3 N–H and O–H groups in total. The van der Waals surface area contributed by atoms with Gasteiger partial charge < -0.3 is 20.4 Å². The standard InChI is InChI=1S/C27H30N4O2/c1-20-6-13-23(14-7-20)33-19-18-31-25-5-3-2-4-24(25)30-26(31)16-17-29-27(32)15-10-21-8-11-22(28)12-9-21/h2-9,11-14H,10,15-19,28H2,1H3,(H,29,32). The molecule has 33 heavy (non-hydrogen) atoms. The predicted molar refractivity (Wildman–Crippen MR) is 132 cm³/mol. The van der Waals surface area contributed by atoms with E-state index in [1.165, 1.54) is 5.56 Å². The Morgan fingerprint density at radius 1 is 1.00 bits per heavy atom. The smallest absolute Gasteiger partial charge is 0.220 e. The van der Waals surface area contributed by atoms with Gasteiger partial charge in [0.1, 0.15) is 18.2 Å². The van der Waals surface area contributed by atoms with Crippen LogP contribution in [0.4, 0.5) is 5.69 Å². The lowest BCUT2D eigenvalue weighted by Gasteiger charge is -2.11. The van der Waals surface area contributed by atoms with Crippen LogP contribution in [0.15, 0.2) is 72.8 Å². The number of benzene rings is 3. The highest BCUT2D eigenvalue weighted by molar-refractivity contribution is 5.77. The van der Waals surface area contributed by atoms with Gasteiger partial charge in [0.25, 0.3) is 0 Å². The average Bonchev–Trinajstić information content (AvgIpc) is 3.17. The molecule has 0 aliphatic rings. The third-order valence-electron chi connectivity index (χ3n) is 5.63. The summed E-state index contributed by atoms with van der Waals surface area (Å²) in [6, 6.07) is 23.8. The van der Waals surface area contributed by atoms with Gasteiger partial charge in [-0.25, -0.2) is 4.98 Å². The van der Waals surface area contributed by atoms with Crippen LogP contribution < -0.4 is 15.8 Å². The number of imidazole rings is 1. The second-order valence-corrected chi connectivity index (χ2v) is 8.17. The highest BCUT2D eigenvalue weighted by Gasteiger charge is 2.11. The Hall–Kier alpha value is -3.80. The molecule has 0 unspecified atom stereocenters. The van der Waals surface area contributed by atoms with E-state index in [4.69, 9.17) is 15.5 Å². The van der Waals surface area contributed by atoms with Crippen molar-refractivity contribution in [1.29, 1.82) is 0 Å². The lowest BCUT2D eigenvalue weighted by molar-refractivity contribution is -0.121.